The third-order valence-electron chi connectivity index (χ3n) is 2.81. The summed E-state index contributed by atoms with van der Waals surface area (Å²) in [4.78, 5) is 18.9. The summed E-state index contributed by atoms with van der Waals surface area (Å²) in [6.07, 6.45) is 0. The van der Waals surface area contributed by atoms with Gasteiger partial charge in [0.25, 0.3) is 0 Å². The van der Waals surface area contributed by atoms with Crippen molar-refractivity contribution in [2.45, 2.75) is 26.2 Å². The number of benzene rings is 1. The number of carbonyl (C=O) groups excluding carboxylic acids is 1. The summed E-state index contributed by atoms with van der Waals surface area (Å²) in [6.45, 7) is 6.29. The molecule has 100 valence electrons. The van der Waals surface area contributed by atoms with Crippen LogP contribution in [0.1, 0.15) is 37.0 Å². The second-order valence-electron chi connectivity index (χ2n) is 5.44. The molecule has 5 heteroatoms. The zero-order valence-electron chi connectivity index (χ0n) is 11.1. The van der Waals surface area contributed by atoms with Gasteiger partial charge >= 0.3 is 0 Å². The van der Waals surface area contributed by atoms with Crippen molar-refractivity contribution in [1.29, 1.82) is 0 Å². The maximum atomic E-state index is 11.0. The molecule has 1 amide bonds. The van der Waals surface area contributed by atoms with Gasteiger partial charge in [0.2, 0.25) is 5.91 Å². The average molecular weight is 322 g/mol. The van der Waals surface area contributed by atoms with E-state index in [9.17, 15) is 4.79 Å². The van der Waals surface area contributed by atoms with Gasteiger partial charge < -0.3 is 10.7 Å². The number of amides is 1. The minimum Gasteiger partial charge on any atom is -0.366 e. The maximum Gasteiger partial charge on any atom is 0.248 e. The molecule has 0 saturated carbocycles. The number of hydrogen-bond donors (Lipinski definition) is 2. The largest absolute Gasteiger partial charge is 0.366 e. The van der Waals surface area contributed by atoms with Crippen LogP contribution in [0.15, 0.2) is 28.9 Å². The van der Waals surface area contributed by atoms with Crippen LogP contribution in [0.25, 0.3) is 11.3 Å². The van der Waals surface area contributed by atoms with E-state index in [1.165, 1.54) is 0 Å². The first-order valence-corrected chi connectivity index (χ1v) is 6.74. The van der Waals surface area contributed by atoms with Gasteiger partial charge in [-0.05, 0) is 28.1 Å². The summed E-state index contributed by atoms with van der Waals surface area (Å²) >= 11 is 3.48. The molecule has 0 radical (unpaired) electrons. The molecule has 4 nitrogen and oxygen atoms in total. The van der Waals surface area contributed by atoms with E-state index in [1.54, 1.807) is 12.1 Å². The minimum atomic E-state index is -0.428. The highest BCUT2D eigenvalue weighted by Crippen LogP contribution is 2.30. The van der Waals surface area contributed by atoms with Gasteiger partial charge in [-0.25, -0.2) is 4.98 Å². The fourth-order valence-electron chi connectivity index (χ4n) is 1.69. The average Bonchev–Trinajstić information content (AvgIpc) is 2.71. The van der Waals surface area contributed by atoms with Gasteiger partial charge in [0, 0.05) is 16.5 Å². The Morgan fingerprint density at radius 2 is 1.84 bits per heavy atom. The predicted octanol–water partition coefficient (Wildman–Crippen LogP) is 3.24. The molecule has 1 aromatic carbocycles. The molecule has 0 spiro atoms. The van der Waals surface area contributed by atoms with Crippen LogP contribution < -0.4 is 5.73 Å². The van der Waals surface area contributed by atoms with Crippen molar-refractivity contribution < 1.29 is 4.79 Å². The standard InChI is InChI=1S/C14H16BrN3O/c1-14(2,3)13-17-10(11(15)18-13)8-4-6-9(7-5-8)12(16)19/h4-7H,1-3H3,(H2,16,19)(H,17,18). The normalized spacial score (nSPS) is 11.6. The number of halogens is 1. The lowest BCUT2D eigenvalue weighted by molar-refractivity contribution is 0.100. The van der Waals surface area contributed by atoms with Crippen LogP contribution in [0.3, 0.4) is 0 Å². The molecule has 0 aliphatic rings. The Balaban J connectivity index is 2.42. The smallest absolute Gasteiger partial charge is 0.248 e. The lowest BCUT2D eigenvalue weighted by atomic mass is 9.96. The molecule has 0 atom stereocenters. The summed E-state index contributed by atoms with van der Waals surface area (Å²) in [5.41, 5.74) is 7.44. The van der Waals surface area contributed by atoms with Gasteiger partial charge in [0.1, 0.15) is 16.1 Å². The highest BCUT2D eigenvalue weighted by atomic mass is 79.9. The summed E-state index contributed by atoms with van der Waals surface area (Å²) in [7, 11) is 0. The molecule has 1 aromatic heterocycles. The van der Waals surface area contributed by atoms with Gasteiger partial charge in [0.05, 0.1) is 0 Å². The highest BCUT2D eigenvalue weighted by Gasteiger charge is 2.20. The Bertz CT molecular complexity index is 609. The fourth-order valence-corrected chi connectivity index (χ4v) is 2.20. The van der Waals surface area contributed by atoms with Gasteiger partial charge in [-0.3, -0.25) is 4.79 Å². The number of aromatic amines is 1. The Morgan fingerprint density at radius 3 is 2.26 bits per heavy atom. The van der Waals surface area contributed by atoms with Crippen LogP contribution >= 0.6 is 15.9 Å². The topological polar surface area (TPSA) is 71.8 Å². The predicted molar refractivity (Wildman–Crippen MR) is 78.9 cm³/mol. The van der Waals surface area contributed by atoms with Crippen molar-refractivity contribution >= 4 is 21.8 Å². The van der Waals surface area contributed by atoms with Gasteiger partial charge in [-0.15, -0.1) is 0 Å². The van der Waals surface area contributed by atoms with Crippen LogP contribution in [0.2, 0.25) is 0 Å². The van der Waals surface area contributed by atoms with Gasteiger partial charge in [-0.2, -0.15) is 0 Å². The molecular formula is C14H16BrN3O. The van der Waals surface area contributed by atoms with E-state index in [-0.39, 0.29) is 5.41 Å². The number of imidazole rings is 1. The molecule has 2 rings (SSSR count). The third kappa shape index (κ3) is 2.87. The molecule has 19 heavy (non-hydrogen) atoms. The van der Waals surface area contributed by atoms with Crippen molar-refractivity contribution in [2.24, 2.45) is 5.73 Å². The van der Waals surface area contributed by atoms with E-state index in [0.717, 1.165) is 21.7 Å². The first kappa shape index (κ1) is 13.8. The van der Waals surface area contributed by atoms with Crippen molar-refractivity contribution in [3.63, 3.8) is 0 Å². The number of H-pyrrole nitrogens is 1. The van der Waals surface area contributed by atoms with Crippen molar-refractivity contribution in [2.75, 3.05) is 0 Å². The number of nitrogens with two attached hydrogens (primary N) is 1. The van der Waals surface area contributed by atoms with Crippen LogP contribution in [-0.4, -0.2) is 15.9 Å². The van der Waals surface area contributed by atoms with Crippen LogP contribution in [0, 0.1) is 0 Å². The van der Waals surface area contributed by atoms with Crippen molar-refractivity contribution in [1.82, 2.24) is 9.97 Å². The van der Waals surface area contributed by atoms with E-state index in [2.05, 4.69) is 46.7 Å². The zero-order valence-corrected chi connectivity index (χ0v) is 12.7. The lowest BCUT2D eigenvalue weighted by Gasteiger charge is -2.13. The quantitative estimate of drug-likeness (QED) is 0.891. The molecule has 0 unspecified atom stereocenters. The number of carbonyl (C=O) groups is 1. The van der Waals surface area contributed by atoms with E-state index >= 15 is 0 Å². The molecule has 0 bridgehead atoms. The summed E-state index contributed by atoms with van der Waals surface area (Å²) in [5, 5.41) is 0. The van der Waals surface area contributed by atoms with Crippen molar-refractivity contribution in [3.05, 3.63) is 40.3 Å². The molecule has 3 N–H and O–H groups in total. The number of rotatable bonds is 2. The SMILES string of the molecule is CC(C)(C)c1nc(-c2ccc(C(N)=O)cc2)c(Br)[nH]1. The molecule has 1 heterocycles. The van der Waals surface area contributed by atoms with Gasteiger partial charge in [-0.1, -0.05) is 32.9 Å². The highest BCUT2D eigenvalue weighted by molar-refractivity contribution is 9.10. The number of aromatic nitrogens is 2. The number of nitrogens with zero attached hydrogens (tertiary/aromatic N) is 1. The Morgan fingerprint density at radius 1 is 1.26 bits per heavy atom. The summed E-state index contributed by atoms with van der Waals surface area (Å²) < 4.78 is 0.837. The van der Waals surface area contributed by atoms with Crippen LogP contribution in [-0.2, 0) is 5.41 Å². The molecule has 0 aliphatic carbocycles. The number of primary amides is 1. The second kappa shape index (κ2) is 4.81. The molecular weight excluding hydrogens is 306 g/mol. The molecule has 0 aliphatic heterocycles. The monoisotopic (exact) mass is 321 g/mol. The van der Waals surface area contributed by atoms with Crippen molar-refractivity contribution in [3.8, 4) is 11.3 Å². The Labute approximate surface area is 120 Å². The second-order valence-corrected chi connectivity index (χ2v) is 6.23. The Kier molecular flexibility index (Phi) is 3.49. The fraction of sp³-hybridized carbons (Fsp3) is 0.286. The van der Waals surface area contributed by atoms with Crippen LogP contribution in [0.5, 0.6) is 0 Å². The molecule has 0 fully saturated rings. The van der Waals surface area contributed by atoms with E-state index in [0.29, 0.717) is 5.56 Å². The first-order valence-electron chi connectivity index (χ1n) is 5.95. The number of hydrogen-bond acceptors (Lipinski definition) is 2. The first-order chi connectivity index (χ1) is 8.79. The Hall–Kier alpha value is -1.62. The molecule has 2 aromatic rings. The lowest BCUT2D eigenvalue weighted by Crippen LogP contribution is -2.13. The molecule has 0 saturated heterocycles. The van der Waals surface area contributed by atoms with E-state index < -0.39 is 5.91 Å². The number of nitrogens with one attached hydrogen (secondary N) is 1. The van der Waals surface area contributed by atoms with E-state index in [1.807, 2.05) is 12.1 Å². The van der Waals surface area contributed by atoms with E-state index in [4.69, 9.17) is 5.73 Å². The third-order valence-corrected chi connectivity index (χ3v) is 3.39. The van der Waals surface area contributed by atoms with Gasteiger partial charge in [0.15, 0.2) is 0 Å². The summed E-state index contributed by atoms with van der Waals surface area (Å²) in [5.74, 6) is 0.483. The maximum absolute atomic E-state index is 11.0. The zero-order chi connectivity index (χ0) is 14.2. The summed E-state index contributed by atoms with van der Waals surface area (Å²) in [6, 6.07) is 7.09. The minimum absolute atomic E-state index is 0.0477. The van der Waals surface area contributed by atoms with Crippen LogP contribution in [0.4, 0.5) is 0 Å².